The molecule has 0 saturated carbocycles. The normalized spacial score (nSPS) is 10.4. The number of hydrogen-bond acceptors (Lipinski definition) is 5. The molecule has 1 heterocycles. The van der Waals surface area contributed by atoms with Crippen molar-refractivity contribution in [1.29, 1.82) is 0 Å². The molecule has 1 aromatic heterocycles. The van der Waals surface area contributed by atoms with Crippen LogP contribution in [0.15, 0.2) is 24.4 Å². The van der Waals surface area contributed by atoms with Gasteiger partial charge >= 0.3 is 5.69 Å². The van der Waals surface area contributed by atoms with E-state index in [1.807, 2.05) is 19.9 Å². The van der Waals surface area contributed by atoms with Crippen LogP contribution in [-0.4, -0.2) is 21.4 Å². The second-order valence-corrected chi connectivity index (χ2v) is 4.98. The van der Waals surface area contributed by atoms with Crippen LogP contribution in [0.1, 0.15) is 18.9 Å². The highest BCUT2D eigenvalue weighted by Crippen LogP contribution is 2.30. The number of anilines is 1. The zero-order chi connectivity index (χ0) is 15.4. The van der Waals surface area contributed by atoms with Gasteiger partial charge in [-0.2, -0.15) is 0 Å². The molecule has 0 spiro atoms. The summed E-state index contributed by atoms with van der Waals surface area (Å²) in [6, 6.07) is 5.25. The summed E-state index contributed by atoms with van der Waals surface area (Å²) in [5.41, 5.74) is 1.62. The lowest BCUT2D eigenvalue weighted by atomic mass is 10.1. The number of nitro groups is 1. The number of halogens is 1. The van der Waals surface area contributed by atoms with Gasteiger partial charge in [-0.15, -0.1) is 0 Å². The van der Waals surface area contributed by atoms with Crippen molar-refractivity contribution in [2.75, 3.05) is 11.9 Å². The molecule has 0 radical (unpaired) electrons. The summed E-state index contributed by atoms with van der Waals surface area (Å²) in [6.45, 7) is 4.58. The average molecular weight is 307 g/mol. The molecular weight excluding hydrogens is 292 g/mol. The van der Waals surface area contributed by atoms with Crippen LogP contribution in [0.3, 0.4) is 0 Å². The molecule has 6 nitrogen and oxygen atoms in total. The monoisotopic (exact) mass is 306 g/mol. The van der Waals surface area contributed by atoms with E-state index in [2.05, 4.69) is 15.3 Å². The summed E-state index contributed by atoms with van der Waals surface area (Å²) in [5.74, 6) is 0.370. The molecule has 0 amide bonds. The van der Waals surface area contributed by atoms with Gasteiger partial charge in [0.05, 0.1) is 4.92 Å². The van der Waals surface area contributed by atoms with Crippen molar-refractivity contribution < 1.29 is 4.92 Å². The van der Waals surface area contributed by atoms with E-state index < -0.39 is 4.92 Å². The van der Waals surface area contributed by atoms with E-state index in [1.165, 1.54) is 6.20 Å². The van der Waals surface area contributed by atoms with Crippen LogP contribution in [0.4, 0.5) is 11.6 Å². The van der Waals surface area contributed by atoms with Gasteiger partial charge in [0.25, 0.3) is 0 Å². The highest BCUT2D eigenvalue weighted by Gasteiger charge is 2.19. The Morgan fingerprint density at radius 3 is 2.81 bits per heavy atom. The van der Waals surface area contributed by atoms with Crippen LogP contribution in [0, 0.1) is 17.0 Å². The van der Waals surface area contributed by atoms with E-state index >= 15 is 0 Å². The van der Waals surface area contributed by atoms with Crippen LogP contribution in [-0.2, 0) is 0 Å². The van der Waals surface area contributed by atoms with Crippen molar-refractivity contribution in [3.63, 3.8) is 0 Å². The van der Waals surface area contributed by atoms with Crippen molar-refractivity contribution in [2.45, 2.75) is 20.3 Å². The molecule has 2 rings (SSSR count). The van der Waals surface area contributed by atoms with Crippen molar-refractivity contribution >= 4 is 23.2 Å². The van der Waals surface area contributed by atoms with E-state index in [0.29, 0.717) is 23.1 Å². The fraction of sp³-hybridized carbons (Fsp3) is 0.286. The maximum absolute atomic E-state index is 11.1. The zero-order valence-corrected chi connectivity index (χ0v) is 12.5. The summed E-state index contributed by atoms with van der Waals surface area (Å²) in [5, 5.41) is 14.7. The summed E-state index contributed by atoms with van der Waals surface area (Å²) < 4.78 is 0. The first-order chi connectivity index (χ1) is 10.0. The van der Waals surface area contributed by atoms with Crippen molar-refractivity contribution in [2.24, 2.45) is 0 Å². The number of aryl methyl sites for hydroxylation is 1. The molecule has 0 atom stereocenters. The minimum Gasteiger partial charge on any atom is -0.354 e. The van der Waals surface area contributed by atoms with Gasteiger partial charge in [0.15, 0.2) is 5.69 Å². The smallest absolute Gasteiger partial charge is 0.313 e. The number of aromatic nitrogens is 2. The second kappa shape index (κ2) is 6.49. The van der Waals surface area contributed by atoms with Gasteiger partial charge < -0.3 is 5.32 Å². The molecule has 1 N–H and O–H groups in total. The zero-order valence-electron chi connectivity index (χ0n) is 11.8. The van der Waals surface area contributed by atoms with Crippen LogP contribution in [0.25, 0.3) is 11.3 Å². The Morgan fingerprint density at radius 2 is 2.19 bits per heavy atom. The molecule has 21 heavy (non-hydrogen) atoms. The maximum Gasteiger partial charge on any atom is 0.313 e. The van der Waals surface area contributed by atoms with Crippen LogP contribution in [0.5, 0.6) is 0 Å². The fourth-order valence-corrected chi connectivity index (χ4v) is 1.96. The predicted molar refractivity (Wildman–Crippen MR) is 82.7 cm³/mol. The largest absolute Gasteiger partial charge is 0.354 e. The number of benzene rings is 1. The first-order valence-corrected chi connectivity index (χ1v) is 6.92. The van der Waals surface area contributed by atoms with E-state index in [4.69, 9.17) is 11.6 Å². The third-order valence-electron chi connectivity index (χ3n) is 2.94. The lowest BCUT2D eigenvalue weighted by molar-refractivity contribution is -0.384. The minimum absolute atomic E-state index is 0.142. The SMILES string of the molecule is CCCNc1ncc([N+](=O)[O-])c(-c2ccc(C)c(Cl)c2)n1. The maximum atomic E-state index is 11.1. The van der Waals surface area contributed by atoms with Crippen LogP contribution < -0.4 is 5.32 Å². The van der Waals surface area contributed by atoms with Crippen molar-refractivity contribution in [1.82, 2.24) is 9.97 Å². The molecule has 0 fully saturated rings. The Bertz CT molecular complexity index is 676. The summed E-state index contributed by atoms with van der Waals surface area (Å²) >= 11 is 6.09. The number of rotatable bonds is 5. The number of nitrogens with one attached hydrogen (secondary N) is 1. The topological polar surface area (TPSA) is 81.0 Å². The first kappa shape index (κ1) is 15.2. The highest BCUT2D eigenvalue weighted by molar-refractivity contribution is 6.31. The molecule has 110 valence electrons. The number of nitrogens with zero attached hydrogens (tertiary/aromatic N) is 3. The average Bonchev–Trinajstić information content (AvgIpc) is 2.47. The molecule has 0 bridgehead atoms. The quantitative estimate of drug-likeness (QED) is 0.670. The van der Waals surface area contributed by atoms with E-state index in [1.54, 1.807) is 12.1 Å². The lowest BCUT2D eigenvalue weighted by Gasteiger charge is -2.07. The highest BCUT2D eigenvalue weighted by atomic mass is 35.5. The van der Waals surface area contributed by atoms with E-state index in [9.17, 15) is 10.1 Å². The molecule has 2 aromatic rings. The first-order valence-electron chi connectivity index (χ1n) is 6.54. The predicted octanol–water partition coefficient (Wildman–Crippen LogP) is 3.84. The molecule has 1 aromatic carbocycles. The molecule has 0 saturated heterocycles. The molecule has 0 aliphatic carbocycles. The Kier molecular flexibility index (Phi) is 4.70. The Balaban J connectivity index is 2.51. The third kappa shape index (κ3) is 3.46. The Morgan fingerprint density at radius 1 is 1.43 bits per heavy atom. The Labute approximate surface area is 127 Å². The van der Waals surface area contributed by atoms with Gasteiger partial charge in [-0.25, -0.2) is 9.97 Å². The number of hydrogen-bond donors (Lipinski definition) is 1. The summed E-state index contributed by atoms with van der Waals surface area (Å²) in [4.78, 5) is 18.9. The van der Waals surface area contributed by atoms with Crippen molar-refractivity contribution in [3.8, 4) is 11.3 Å². The fourth-order valence-electron chi connectivity index (χ4n) is 1.78. The van der Waals surface area contributed by atoms with Gasteiger partial charge in [-0.3, -0.25) is 10.1 Å². The summed E-state index contributed by atoms with van der Waals surface area (Å²) in [6.07, 6.45) is 2.13. The Hall–Kier alpha value is -2.21. The van der Waals surface area contributed by atoms with Gasteiger partial charge in [0.1, 0.15) is 6.20 Å². The third-order valence-corrected chi connectivity index (χ3v) is 3.35. The molecule has 0 unspecified atom stereocenters. The van der Waals surface area contributed by atoms with Gasteiger partial charge in [0, 0.05) is 17.1 Å². The van der Waals surface area contributed by atoms with Gasteiger partial charge in [-0.05, 0) is 25.0 Å². The minimum atomic E-state index is -0.493. The second-order valence-electron chi connectivity index (χ2n) is 4.58. The standard InChI is InChI=1S/C14H15ClN4O2/c1-3-6-16-14-17-8-12(19(20)21)13(18-14)10-5-4-9(2)11(15)7-10/h4-5,7-8H,3,6H2,1-2H3,(H,16,17,18). The van der Waals surface area contributed by atoms with Crippen LogP contribution >= 0.6 is 11.6 Å². The molecule has 7 heteroatoms. The molecule has 0 aliphatic heterocycles. The van der Waals surface area contributed by atoms with E-state index in [0.717, 1.165) is 12.0 Å². The van der Waals surface area contributed by atoms with Crippen molar-refractivity contribution in [3.05, 3.63) is 45.1 Å². The molecule has 0 aliphatic rings. The van der Waals surface area contributed by atoms with Gasteiger partial charge in [-0.1, -0.05) is 30.7 Å². The molecular formula is C14H15ClN4O2. The van der Waals surface area contributed by atoms with Crippen LogP contribution in [0.2, 0.25) is 5.02 Å². The van der Waals surface area contributed by atoms with E-state index in [-0.39, 0.29) is 11.4 Å². The van der Waals surface area contributed by atoms with Gasteiger partial charge in [0.2, 0.25) is 5.95 Å². The summed E-state index contributed by atoms with van der Waals surface area (Å²) in [7, 11) is 0. The lowest BCUT2D eigenvalue weighted by Crippen LogP contribution is -2.06.